The minimum absolute atomic E-state index is 0. The fourth-order valence-corrected chi connectivity index (χ4v) is 3.21. The van der Waals surface area contributed by atoms with Crippen LogP contribution >= 0.6 is 28.3 Å². The van der Waals surface area contributed by atoms with Crippen molar-refractivity contribution in [1.29, 1.82) is 0 Å². The first-order valence-electron chi connectivity index (χ1n) is 8.27. The lowest BCUT2D eigenvalue weighted by Crippen LogP contribution is -2.33. The molecule has 2 aromatic rings. The van der Waals surface area contributed by atoms with Gasteiger partial charge >= 0.3 is 12.4 Å². The molecule has 0 aliphatic carbocycles. The largest absolute Gasteiger partial charge is 0.416 e. The molecule has 12 heteroatoms. The molecule has 29 heavy (non-hydrogen) atoms. The first kappa shape index (κ1) is 23.7. The molecule has 0 radical (unpaired) electrons. The first-order valence-corrected chi connectivity index (χ1v) is 9.06. The Bertz CT molecular complexity index is 828. The smallest absolute Gasteiger partial charge is 0.339 e. The Hall–Kier alpha value is -1.59. The van der Waals surface area contributed by atoms with E-state index in [1.807, 2.05) is 4.90 Å². The molecule has 0 spiro atoms. The Labute approximate surface area is 177 Å². The van der Waals surface area contributed by atoms with Gasteiger partial charge in [0.2, 0.25) is 5.95 Å². The SMILES string of the molecule is Cl.FC(F)(F)c1ccc(CNC2CCN(c3ncc(Br)cn3)C2)c(C(F)(F)F)c1. The molecule has 3 rings (SSSR count). The Morgan fingerprint density at radius 1 is 1.07 bits per heavy atom. The van der Waals surface area contributed by atoms with Crippen molar-refractivity contribution in [3.8, 4) is 0 Å². The van der Waals surface area contributed by atoms with Crippen molar-refractivity contribution >= 4 is 34.3 Å². The fraction of sp³-hybridized carbons (Fsp3) is 0.412. The topological polar surface area (TPSA) is 41.0 Å². The predicted octanol–water partition coefficient (Wildman–Crippen LogP) is 5.07. The summed E-state index contributed by atoms with van der Waals surface area (Å²) in [5, 5.41) is 2.99. The Morgan fingerprint density at radius 2 is 1.72 bits per heavy atom. The van der Waals surface area contributed by atoms with Crippen LogP contribution in [0.3, 0.4) is 0 Å². The number of alkyl halides is 6. The molecular formula is C17H16BrClF6N4. The highest BCUT2D eigenvalue weighted by atomic mass is 79.9. The fourth-order valence-electron chi connectivity index (χ4n) is 3.00. The van der Waals surface area contributed by atoms with Crippen LogP contribution in [0.1, 0.15) is 23.1 Å². The van der Waals surface area contributed by atoms with Crippen LogP contribution in [0.15, 0.2) is 35.1 Å². The summed E-state index contributed by atoms with van der Waals surface area (Å²) < 4.78 is 78.6. The lowest BCUT2D eigenvalue weighted by Gasteiger charge is -2.19. The number of nitrogens with one attached hydrogen (secondary N) is 1. The zero-order chi connectivity index (χ0) is 20.5. The molecule has 1 aliphatic heterocycles. The zero-order valence-corrected chi connectivity index (χ0v) is 17.1. The molecule has 2 heterocycles. The van der Waals surface area contributed by atoms with Gasteiger partial charge < -0.3 is 10.2 Å². The zero-order valence-electron chi connectivity index (χ0n) is 14.7. The van der Waals surface area contributed by atoms with E-state index < -0.39 is 23.5 Å². The van der Waals surface area contributed by atoms with Gasteiger partial charge in [0.15, 0.2) is 0 Å². The molecule has 1 aromatic carbocycles. The molecule has 1 atom stereocenters. The van der Waals surface area contributed by atoms with Crippen LogP contribution in [-0.2, 0) is 18.9 Å². The monoisotopic (exact) mass is 504 g/mol. The van der Waals surface area contributed by atoms with Gasteiger partial charge in [-0.15, -0.1) is 12.4 Å². The molecule has 1 aromatic heterocycles. The van der Waals surface area contributed by atoms with Crippen LogP contribution in [-0.4, -0.2) is 29.1 Å². The minimum atomic E-state index is -4.87. The summed E-state index contributed by atoms with van der Waals surface area (Å²) in [4.78, 5) is 10.2. The number of nitrogens with zero attached hydrogens (tertiary/aromatic N) is 3. The highest BCUT2D eigenvalue weighted by Gasteiger charge is 2.38. The van der Waals surface area contributed by atoms with Crippen LogP contribution in [0.25, 0.3) is 0 Å². The average molecular weight is 506 g/mol. The van der Waals surface area contributed by atoms with Gasteiger partial charge in [0, 0.05) is 38.1 Å². The summed E-state index contributed by atoms with van der Waals surface area (Å²) in [6, 6.07) is 1.58. The summed E-state index contributed by atoms with van der Waals surface area (Å²) in [7, 11) is 0. The van der Waals surface area contributed by atoms with Crippen LogP contribution in [0, 0.1) is 0 Å². The lowest BCUT2D eigenvalue weighted by atomic mass is 10.0. The van der Waals surface area contributed by atoms with Crippen LogP contribution in [0.4, 0.5) is 32.3 Å². The van der Waals surface area contributed by atoms with E-state index in [0.717, 1.165) is 10.5 Å². The molecular weight excluding hydrogens is 490 g/mol. The predicted molar refractivity (Wildman–Crippen MR) is 101 cm³/mol. The second-order valence-corrected chi connectivity index (χ2v) is 7.30. The maximum Gasteiger partial charge on any atom is 0.416 e. The van der Waals surface area contributed by atoms with Crippen molar-refractivity contribution in [3.63, 3.8) is 0 Å². The van der Waals surface area contributed by atoms with Gasteiger partial charge in [0.05, 0.1) is 15.6 Å². The van der Waals surface area contributed by atoms with Crippen LogP contribution in [0.2, 0.25) is 0 Å². The number of rotatable bonds is 4. The van der Waals surface area contributed by atoms with Gasteiger partial charge in [-0.1, -0.05) is 6.07 Å². The third kappa shape index (κ3) is 5.95. The molecule has 1 fully saturated rings. The van der Waals surface area contributed by atoms with Crippen LogP contribution < -0.4 is 10.2 Å². The van der Waals surface area contributed by atoms with E-state index in [0.29, 0.717) is 31.5 Å². The standard InChI is InChI=1S/C17H15BrF6N4.ClH/c18-12-7-26-15(27-8-12)28-4-3-13(9-28)25-6-10-1-2-11(16(19,20)21)5-14(10)17(22,23)24;/h1-2,5,7-8,13,25H,3-4,6,9H2;1H. The highest BCUT2D eigenvalue weighted by molar-refractivity contribution is 9.10. The van der Waals surface area contributed by atoms with E-state index in [9.17, 15) is 26.3 Å². The quantitative estimate of drug-likeness (QED) is 0.590. The maximum atomic E-state index is 13.2. The van der Waals surface area contributed by atoms with E-state index in [-0.39, 0.29) is 36.6 Å². The number of anilines is 1. The second kappa shape index (κ2) is 9.05. The first-order chi connectivity index (χ1) is 13.0. The summed E-state index contributed by atoms with van der Waals surface area (Å²) in [6.45, 7) is 0.925. The molecule has 1 aliphatic rings. The molecule has 0 bridgehead atoms. The third-order valence-corrected chi connectivity index (χ3v) is 4.81. The van der Waals surface area contributed by atoms with Gasteiger partial charge in [0.1, 0.15) is 0 Å². The molecule has 1 N–H and O–H groups in total. The number of aromatic nitrogens is 2. The summed E-state index contributed by atoms with van der Waals surface area (Å²) in [5.41, 5.74) is -2.82. The molecule has 160 valence electrons. The molecule has 1 saturated heterocycles. The highest BCUT2D eigenvalue weighted by Crippen LogP contribution is 2.37. The number of halogens is 8. The van der Waals surface area contributed by atoms with Gasteiger partial charge in [0.25, 0.3) is 0 Å². The Morgan fingerprint density at radius 3 is 2.31 bits per heavy atom. The summed E-state index contributed by atoms with van der Waals surface area (Å²) in [6.07, 6.45) is -5.85. The van der Waals surface area contributed by atoms with E-state index in [4.69, 9.17) is 0 Å². The van der Waals surface area contributed by atoms with E-state index in [2.05, 4.69) is 31.2 Å². The third-order valence-electron chi connectivity index (χ3n) is 4.40. The Kier molecular flexibility index (Phi) is 7.39. The summed E-state index contributed by atoms with van der Waals surface area (Å²) >= 11 is 3.24. The van der Waals surface area contributed by atoms with Crippen molar-refractivity contribution in [2.45, 2.75) is 31.4 Å². The maximum absolute atomic E-state index is 13.2. The van der Waals surface area contributed by atoms with E-state index >= 15 is 0 Å². The van der Waals surface area contributed by atoms with Gasteiger partial charge in [-0.25, -0.2) is 9.97 Å². The summed E-state index contributed by atoms with van der Waals surface area (Å²) in [5.74, 6) is 0.512. The molecule has 1 unspecified atom stereocenters. The molecule has 0 amide bonds. The van der Waals surface area contributed by atoms with Crippen molar-refractivity contribution in [2.75, 3.05) is 18.0 Å². The van der Waals surface area contributed by atoms with Crippen molar-refractivity contribution in [1.82, 2.24) is 15.3 Å². The van der Waals surface area contributed by atoms with Gasteiger partial charge in [-0.2, -0.15) is 26.3 Å². The Balaban J connectivity index is 0.00000300. The normalized spacial score (nSPS) is 17.3. The van der Waals surface area contributed by atoms with Crippen LogP contribution in [0.5, 0.6) is 0 Å². The minimum Gasteiger partial charge on any atom is -0.339 e. The van der Waals surface area contributed by atoms with Crippen molar-refractivity contribution < 1.29 is 26.3 Å². The lowest BCUT2D eigenvalue weighted by molar-refractivity contribution is -0.143. The molecule has 0 saturated carbocycles. The number of hydrogen-bond acceptors (Lipinski definition) is 4. The number of hydrogen-bond donors (Lipinski definition) is 1. The van der Waals surface area contributed by atoms with Crippen molar-refractivity contribution in [3.05, 3.63) is 51.8 Å². The van der Waals surface area contributed by atoms with Crippen molar-refractivity contribution in [2.24, 2.45) is 0 Å². The number of benzene rings is 1. The average Bonchev–Trinajstić information content (AvgIpc) is 3.08. The van der Waals surface area contributed by atoms with Gasteiger partial charge in [-0.05, 0) is 40.0 Å². The van der Waals surface area contributed by atoms with E-state index in [1.54, 1.807) is 12.4 Å². The van der Waals surface area contributed by atoms with Gasteiger partial charge in [-0.3, -0.25) is 0 Å². The molecule has 4 nitrogen and oxygen atoms in total. The van der Waals surface area contributed by atoms with E-state index in [1.165, 1.54) is 0 Å². The second-order valence-electron chi connectivity index (χ2n) is 6.38.